The van der Waals surface area contributed by atoms with Crippen molar-refractivity contribution in [1.29, 1.82) is 10.5 Å². The summed E-state index contributed by atoms with van der Waals surface area (Å²) in [5.41, 5.74) is 0.469. The second kappa shape index (κ2) is 5.84. The first-order valence-electron chi connectivity index (χ1n) is 5.69. The van der Waals surface area contributed by atoms with Gasteiger partial charge in [-0.05, 0) is 36.4 Å². The van der Waals surface area contributed by atoms with Crippen LogP contribution in [0.1, 0.15) is 11.1 Å². The fraction of sp³-hybridized carbons (Fsp3) is 0. The molecule has 0 bridgehead atoms. The molecule has 0 amide bonds. The van der Waals surface area contributed by atoms with Crippen molar-refractivity contribution in [3.8, 4) is 12.1 Å². The number of hydrogen-bond donors (Lipinski definition) is 1. The van der Waals surface area contributed by atoms with Crippen molar-refractivity contribution in [2.75, 3.05) is 4.72 Å². The maximum absolute atomic E-state index is 12.3. The van der Waals surface area contributed by atoms with Gasteiger partial charge < -0.3 is 0 Å². The molecule has 0 aliphatic rings. The number of rotatable bonds is 3. The van der Waals surface area contributed by atoms with E-state index in [0.29, 0.717) is 5.02 Å². The first-order chi connectivity index (χ1) is 9.96. The number of nitriles is 2. The molecule has 0 aliphatic heterocycles. The Morgan fingerprint density at radius 3 is 2.48 bits per heavy atom. The van der Waals surface area contributed by atoms with Crippen molar-refractivity contribution >= 4 is 27.3 Å². The van der Waals surface area contributed by atoms with Gasteiger partial charge in [-0.2, -0.15) is 10.5 Å². The van der Waals surface area contributed by atoms with Crippen LogP contribution in [0.4, 0.5) is 5.69 Å². The molecule has 0 radical (unpaired) electrons. The van der Waals surface area contributed by atoms with E-state index in [4.69, 9.17) is 22.1 Å². The van der Waals surface area contributed by atoms with E-state index in [9.17, 15) is 8.42 Å². The standard InChI is InChI=1S/C14H8ClN3O2S/c15-12-5-4-11(9-17)14(7-12)18-21(19,20)13-3-1-2-10(6-13)8-16/h1-7,18H. The lowest BCUT2D eigenvalue weighted by molar-refractivity contribution is 0.601. The maximum Gasteiger partial charge on any atom is 0.261 e. The molecule has 5 nitrogen and oxygen atoms in total. The van der Waals surface area contributed by atoms with Crippen LogP contribution in [-0.4, -0.2) is 8.42 Å². The normalized spacial score (nSPS) is 10.4. The van der Waals surface area contributed by atoms with E-state index >= 15 is 0 Å². The largest absolute Gasteiger partial charge is 0.278 e. The van der Waals surface area contributed by atoms with Gasteiger partial charge in [0.2, 0.25) is 0 Å². The van der Waals surface area contributed by atoms with E-state index in [1.807, 2.05) is 12.1 Å². The van der Waals surface area contributed by atoms with Crippen LogP contribution < -0.4 is 4.72 Å². The molecule has 21 heavy (non-hydrogen) atoms. The molecule has 0 spiro atoms. The Morgan fingerprint density at radius 2 is 1.81 bits per heavy atom. The Morgan fingerprint density at radius 1 is 1.05 bits per heavy atom. The van der Waals surface area contributed by atoms with Gasteiger partial charge in [0, 0.05) is 5.02 Å². The van der Waals surface area contributed by atoms with Crippen molar-refractivity contribution in [1.82, 2.24) is 0 Å². The van der Waals surface area contributed by atoms with Crippen molar-refractivity contribution in [2.24, 2.45) is 0 Å². The topological polar surface area (TPSA) is 93.8 Å². The Balaban J connectivity index is 2.45. The van der Waals surface area contributed by atoms with Crippen LogP contribution in [-0.2, 0) is 10.0 Å². The zero-order chi connectivity index (χ0) is 15.5. The van der Waals surface area contributed by atoms with E-state index in [1.165, 1.54) is 42.5 Å². The van der Waals surface area contributed by atoms with Gasteiger partial charge in [0.05, 0.1) is 27.8 Å². The zero-order valence-electron chi connectivity index (χ0n) is 10.5. The predicted molar refractivity (Wildman–Crippen MR) is 78.1 cm³/mol. The summed E-state index contributed by atoms with van der Waals surface area (Å²) in [5, 5.41) is 18.1. The van der Waals surface area contributed by atoms with Crippen LogP contribution in [0.2, 0.25) is 5.02 Å². The van der Waals surface area contributed by atoms with Gasteiger partial charge in [0.15, 0.2) is 0 Å². The number of nitrogens with one attached hydrogen (secondary N) is 1. The van der Waals surface area contributed by atoms with Gasteiger partial charge in [0.1, 0.15) is 6.07 Å². The molecule has 0 saturated heterocycles. The van der Waals surface area contributed by atoms with E-state index in [1.54, 1.807) is 0 Å². The average Bonchev–Trinajstić information content (AvgIpc) is 2.47. The van der Waals surface area contributed by atoms with E-state index < -0.39 is 10.0 Å². The van der Waals surface area contributed by atoms with E-state index in [-0.39, 0.29) is 21.7 Å². The number of benzene rings is 2. The van der Waals surface area contributed by atoms with Crippen LogP contribution in [0.15, 0.2) is 47.4 Å². The summed E-state index contributed by atoms with van der Waals surface area (Å²) in [6.45, 7) is 0. The molecule has 0 aromatic heterocycles. The molecule has 0 aliphatic carbocycles. The number of nitrogens with zero attached hydrogens (tertiary/aromatic N) is 2. The SMILES string of the molecule is N#Cc1cccc(S(=O)(=O)Nc2cc(Cl)ccc2C#N)c1. The second-order valence-corrected chi connectivity index (χ2v) is 6.17. The van der Waals surface area contributed by atoms with Crippen molar-refractivity contribution in [2.45, 2.75) is 4.90 Å². The lowest BCUT2D eigenvalue weighted by atomic mass is 10.2. The summed E-state index contributed by atoms with van der Waals surface area (Å²) in [7, 11) is -3.91. The van der Waals surface area contributed by atoms with Gasteiger partial charge in [0.25, 0.3) is 10.0 Å². The molecule has 0 atom stereocenters. The molecule has 7 heteroatoms. The average molecular weight is 318 g/mol. The van der Waals surface area contributed by atoms with E-state index in [0.717, 1.165) is 0 Å². The summed E-state index contributed by atoms with van der Waals surface area (Å²) in [4.78, 5) is -0.0644. The van der Waals surface area contributed by atoms with Crippen LogP contribution in [0, 0.1) is 22.7 Å². The quantitative estimate of drug-likeness (QED) is 0.941. The monoisotopic (exact) mass is 317 g/mol. The molecule has 0 saturated carbocycles. The highest BCUT2D eigenvalue weighted by molar-refractivity contribution is 7.92. The number of sulfonamides is 1. The molecule has 0 fully saturated rings. The summed E-state index contributed by atoms with van der Waals surface area (Å²) < 4.78 is 26.9. The van der Waals surface area contributed by atoms with Gasteiger partial charge in [-0.25, -0.2) is 8.42 Å². The van der Waals surface area contributed by atoms with Crippen molar-refractivity contribution in [3.05, 3.63) is 58.6 Å². The fourth-order valence-corrected chi connectivity index (χ4v) is 2.92. The van der Waals surface area contributed by atoms with Crippen LogP contribution in [0.25, 0.3) is 0 Å². The molecular weight excluding hydrogens is 310 g/mol. The number of anilines is 1. The van der Waals surface area contributed by atoms with Gasteiger partial charge in [-0.3, -0.25) is 4.72 Å². The third kappa shape index (κ3) is 3.32. The number of halogens is 1. The molecule has 0 unspecified atom stereocenters. The zero-order valence-corrected chi connectivity index (χ0v) is 12.1. The van der Waals surface area contributed by atoms with Crippen molar-refractivity contribution in [3.63, 3.8) is 0 Å². The Hall–Kier alpha value is -2.54. The molecule has 1 N–H and O–H groups in total. The Kier molecular flexibility index (Phi) is 4.13. The predicted octanol–water partition coefficient (Wildman–Crippen LogP) is 2.88. The highest BCUT2D eigenvalue weighted by Gasteiger charge is 2.16. The lowest BCUT2D eigenvalue weighted by Gasteiger charge is -2.10. The highest BCUT2D eigenvalue weighted by atomic mass is 35.5. The summed E-state index contributed by atoms with van der Waals surface area (Å²) >= 11 is 5.81. The molecule has 2 rings (SSSR count). The molecular formula is C14H8ClN3O2S. The van der Waals surface area contributed by atoms with Gasteiger partial charge in [-0.1, -0.05) is 17.7 Å². The first kappa shape index (κ1) is 14.9. The minimum absolute atomic E-state index is 0.0644. The van der Waals surface area contributed by atoms with Gasteiger partial charge >= 0.3 is 0 Å². The smallest absolute Gasteiger partial charge is 0.261 e. The van der Waals surface area contributed by atoms with Crippen LogP contribution >= 0.6 is 11.6 Å². The summed E-state index contributed by atoms with van der Waals surface area (Å²) in [6.07, 6.45) is 0. The molecule has 2 aromatic carbocycles. The van der Waals surface area contributed by atoms with E-state index in [2.05, 4.69) is 4.72 Å². The molecule has 104 valence electrons. The fourth-order valence-electron chi connectivity index (χ4n) is 1.63. The minimum Gasteiger partial charge on any atom is -0.278 e. The van der Waals surface area contributed by atoms with Crippen molar-refractivity contribution < 1.29 is 8.42 Å². The molecule has 2 aromatic rings. The maximum atomic E-state index is 12.3. The third-order valence-electron chi connectivity index (χ3n) is 2.62. The summed E-state index contributed by atoms with van der Waals surface area (Å²) in [6, 6.07) is 13.6. The van der Waals surface area contributed by atoms with Crippen LogP contribution in [0.3, 0.4) is 0 Å². The van der Waals surface area contributed by atoms with Crippen LogP contribution in [0.5, 0.6) is 0 Å². The highest BCUT2D eigenvalue weighted by Crippen LogP contribution is 2.23. The third-order valence-corrected chi connectivity index (χ3v) is 4.22. The first-order valence-corrected chi connectivity index (χ1v) is 7.55. The Labute approximate surface area is 127 Å². The lowest BCUT2D eigenvalue weighted by Crippen LogP contribution is -2.14. The van der Waals surface area contributed by atoms with Gasteiger partial charge in [-0.15, -0.1) is 0 Å². The minimum atomic E-state index is -3.91. The molecule has 0 heterocycles. The number of hydrogen-bond acceptors (Lipinski definition) is 4. The Bertz CT molecular complexity index is 880. The summed E-state index contributed by atoms with van der Waals surface area (Å²) in [5.74, 6) is 0. The second-order valence-electron chi connectivity index (χ2n) is 4.05.